The molecule has 0 aromatic heterocycles. The second kappa shape index (κ2) is 7.09. The lowest BCUT2D eigenvalue weighted by molar-refractivity contribution is -0.117. The molecular weight excluding hydrogens is 230 g/mol. The van der Waals surface area contributed by atoms with Gasteiger partial charge in [0.2, 0.25) is 5.91 Å². The molecule has 0 unspecified atom stereocenters. The first-order valence-electron chi connectivity index (χ1n) is 5.49. The number of benzene rings is 1. The molecule has 0 atom stereocenters. The van der Waals surface area contributed by atoms with E-state index in [1.807, 2.05) is 0 Å². The number of primary amides is 1. The average molecular weight is 245 g/mol. The molecule has 1 aromatic carbocycles. The minimum absolute atomic E-state index is 0.131. The first-order chi connectivity index (χ1) is 8.63. The molecule has 0 aliphatic carbocycles. The van der Waals surface area contributed by atoms with Crippen molar-refractivity contribution in [3.63, 3.8) is 0 Å². The molecule has 0 saturated carbocycles. The highest BCUT2D eigenvalue weighted by atomic mass is 16.2. The van der Waals surface area contributed by atoms with Gasteiger partial charge in [0.25, 0.3) is 5.91 Å². The van der Waals surface area contributed by atoms with Crippen molar-refractivity contribution in [2.75, 3.05) is 13.1 Å². The number of carbonyl (C=O) groups is 2. The molecule has 0 aliphatic rings. The number of hydrogen-bond donors (Lipinski definition) is 3. The Morgan fingerprint density at radius 2 is 1.89 bits per heavy atom. The predicted octanol–water partition coefficient (Wildman–Crippen LogP) is -0.398. The quantitative estimate of drug-likeness (QED) is 0.629. The zero-order chi connectivity index (χ0) is 13.4. The maximum atomic E-state index is 11.6. The topological polar surface area (TPSA) is 98.2 Å². The fourth-order valence-electron chi connectivity index (χ4n) is 1.26. The van der Waals surface area contributed by atoms with Crippen molar-refractivity contribution in [1.82, 2.24) is 5.32 Å². The molecule has 0 saturated heterocycles. The van der Waals surface area contributed by atoms with Crippen LogP contribution in [0.3, 0.4) is 0 Å². The second-order valence-corrected chi connectivity index (χ2v) is 3.56. The number of hydrogen-bond acceptors (Lipinski definition) is 3. The van der Waals surface area contributed by atoms with Crippen molar-refractivity contribution in [2.24, 2.45) is 11.5 Å². The van der Waals surface area contributed by atoms with Gasteiger partial charge in [-0.3, -0.25) is 9.59 Å². The summed E-state index contributed by atoms with van der Waals surface area (Å²) in [5, 5.41) is 2.60. The van der Waals surface area contributed by atoms with E-state index in [4.69, 9.17) is 11.5 Å². The summed E-state index contributed by atoms with van der Waals surface area (Å²) in [6.45, 7) is 0.540. The van der Waals surface area contributed by atoms with E-state index in [9.17, 15) is 9.59 Å². The van der Waals surface area contributed by atoms with E-state index >= 15 is 0 Å². The lowest BCUT2D eigenvalue weighted by Gasteiger charge is -2.03. The van der Waals surface area contributed by atoms with Crippen LogP contribution in [-0.2, 0) is 4.79 Å². The fraction of sp³-hybridized carbons (Fsp3) is 0.231. The van der Waals surface area contributed by atoms with Gasteiger partial charge in [-0.25, -0.2) is 0 Å². The lowest BCUT2D eigenvalue weighted by atomic mass is 10.1. The average Bonchev–Trinajstić information content (AvgIpc) is 2.36. The van der Waals surface area contributed by atoms with Gasteiger partial charge in [0.15, 0.2) is 0 Å². The zero-order valence-corrected chi connectivity index (χ0v) is 9.90. The molecular formula is C13H15N3O2. The molecule has 1 rings (SSSR count). The van der Waals surface area contributed by atoms with Crippen molar-refractivity contribution in [2.45, 2.75) is 6.42 Å². The Balaban J connectivity index is 2.56. The molecule has 0 radical (unpaired) electrons. The standard InChI is InChI=1S/C13H15N3O2/c14-8-1-2-10-3-5-11(6-4-10)13(18)16-9-7-12(15)17/h3-6H,7-9,14H2,(H2,15,17)(H,16,18). The molecule has 0 spiro atoms. The van der Waals surface area contributed by atoms with Crippen LogP contribution in [0, 0.1) is 11.8 Å². The van der Waals surface area contributed by atoms with Crippen LogP contribution in [0.1, 0.15) is 22.3 Å². The summed E-state index contributed by atoms with van der Waals surface area (Å²) in [7, 11) is 0. The van der Waals surface area contributed by atoms with Crippen molar-refractivity contribution in [3.05, 3.63) is 35.4 Å². The van der Waals surface area contributed by atoms with Gasteiger partial charge in [-0.2, -0.15) is 0 Å². The number of amides is 2. The fourth-order valence-corrected chi connectivity index (χ4v) is 1.26. The zero-order valence-electron chi connectivity index (χ0n) is 9.90. The normalized spacial score (nSPS) is 9.17. The highest BCUT2D eigenvalue weighted by Gasteiger charge is 2.04. The van der Waals surface area contributed by atoms with Gasteiger partial charge in [0.1, 0.15) is 0 Å². The maximum Gasteiger partial charge on any atom is 0.251 e. The van der Waals surface area contributed by atoms with Crippen LogP contribution in [0.15, 0.2) is 24.3 Å². The van der Waals surface area contributed by atoms with E-state index in [-0.39, 0.29) is 18.9 Å². The SMILES string of the molecule is NCC#Cc1ccc(C(=O)NCCC(N)=O)cc1. The molecule has 5 nitrogen and oxygen atoms in total. The first kappa shape index (κ1) is 13.7. The Labute approximate surface area is 106 Å². The van der Waals surface area contributed by atoms with Crippen molar-refractivity contribution in [3.8, 4) is 11.8 Å². The van der Waals surface area contributed by atoms with E-state index in [0.29, 0.717) is 12.1 Å². The molecule has 94 valence electrons. The molecule has 0 heterocycles. The Hall–Kier alpha value is -2.32. The van der Waals surface area contributed by atoms with E-state index in [0.717, 1.165) is 5.56 Å². The van der Waals surface area contributed by atoms with Gasteiger partial charge >= 0.3 is 0 Å². The van der Waals surface area contributed by atoms with E-state index in [1.54, 1.807) is 24.3 Å². The third kappa shape index (κ3) is 4.68. The smallest absolute Gasteiger partial charge is 0.251 e. The van der Waals surface area contributed by atoms with E-state index in [1.165, 1.54) is 0 Å². The van der Waals surface area contributed by atoms with Crippen LogP contribution in [0.25, 0.3) is 0 Å². The summed E-state index contributed by atoms with van der Waals surface area (Å²) in [5.74, 6) is 4.90. The third-order valence-electron chi connectivity index (χ3n) is 2.14. The lowest BCUT2D eigenvalue weighted by Crippen LogP contribution is -2.27. The molecule has 0 bridgehead atoms. The number of rotatable bonds is 4. The van der Waals surface area contributed by atoms with Gasteiger partial charge in [0.05, 0.1) is 6.54 Å². The van der Waals surface area contributed by atoms with Crippen LogP contribution in [0.2, 0.25) is 0 Å². The summed E-state index contributed by atoms with van der Waals surface area (Å²) in [5.41, 5.74) is 11.5. The summed E-state index contributed by atoms with van der Waals surface area (Å²) in [4.78, 5) is 22.1. The van der Waals surface area contributed by atoms with E-state index < -0.39 is 5.91 Å². The highest BCUT2D eigenvalue weighted by Crippen LogP contribution is 2.03. The third-order valence-corrected chi connectivity index (χ3v) is 2.14. The number of nitrogens with one attached hydrogen (secondary N) is 1. The Bertz CT molecular complexity index is 483. The number of carbonyl (C=O) groups excluding carboxylic acids is 2. The minimum atomic E-state index is -0.442. The molecule has 0 aliphatic heterocycles. The van der Waals surface area contributed by atoms with Gasteiger partial charge in [-0.1, -0.05) is 11.8 Å². The van der Waals surface area contributed by atoms with Crippen molar-refractivity contribution in [1.29, 1.82) is 0 Å². The molecule has 5 N–H and O–H groups in total. The maximum absolute atomic E-state index is 11.6. The van der Waals surface area contributed by atoms with Gasteiger partial charge in [-0.05, 0) is 24.3 Å². The summed E-state index contributed by atoms with van der Waals surface area (Å²) < 4.78 is 0. The van der Waals surface area contributed by atoms with Crippen LogP contribution < -0.4 is 16.8 Å². The van der Waals surface area contributed by atoms with Crippen LogP contribution >= 0.6 is 0 Å². The van der Waals surface area contributed by atoms with Crippen LogP contribution in [0.5, 0.6) is 0 Å². The molecule has 5 heteroatoms. The van der Waals surface area contributed by atoms with Crippen molar-refractivity contribution < 1.29 is 9.59 Å². The number of nitrogens with two attached hydrogens (primary N) is 2. The molecule has 2 amide bonds. The largest absolute Gasteiger partial charge is 0.370 e. The molecule has 0 fully saturated rings. The summed E-state index contributed by atoms with van der Waals surface area (Å²) in [6, 6.07) is 6.82. The summed E-state index contributed by atoms with van der Waals surface area (Å²) >= 11 is 0. The van der Waals surface area contributed by atoms with Gasteiger partial charge < -0.3 is 16.8 Å². The minimum Gasteiger partial charge on any atom is -0.370 e. The first-order valence-corrected chi connectivity index (χ1v) is 5.49. The summed E-state index contributed by atoms with van der Waals surface area (Å²) in [6.07, 6.45) is 0.131. The molecule has 1 aromatic rings. The predicted molar refractivity (Wildman–Crippen MR) is 68.5 cm³/mol. The Morgan fingerprint density at radius 3 is 2.44 bits per heavy atom. The Kier molecular flexibility index (Phi) is 5.42. The van der Waals surface area contributed by atoms with E-state index in [2.05, 4.69) is 17.2 Å². The van der Waals surface area contributed by atoms with Crippen LogP contribution in [0.4, 0.5) is 0 Å². The van der Waals surface area contributed by atoms with Gasteiger partial charge in [0, 0.05) is 24.1 Å². The highest BCUT2D eigenvalue weighted by molar-refractivity contribution is 5.94. The molecule has 18 heavy (non-hydrogen) atoms. The Morgan fingerprint density at radius 1 is 1.22 bits per heavy atom. The van der Waals surface area contributed by atoms with Crippen LogP contribution in [-0.4, -0.2) is 24.9 Å². The second-order valence-electron chi connectivity index (χ2n) is 3.56. The van der Waals surface area contributed by atoms with Gasteiger partial charge in [-0.15, -0.1) is 0 Å². The van der Waals surface area contributed by atoms with Crippen molar-refractivity contribution >= 4 is 11.8 Å². The monoisotopic (exact) mass is 245 g/mol.